The Kier molecular flexibility index (Phi) is 6.45. The molecule has 1 aromatic carbocycles. The van der Waals surface area contributed by atoms with Gasteiger partial charge in [0, 0.05) is 29.3 Å². The second-order valence-electron chi connectivity index (χ2n) is 5.00. The van der Waals surface area contributed by atoms with E-state index in [1.807, 2.05) is 20.9 Å². The first kappa shape index (κ1) is 18.2. The van der Waals surface area contributed by atoms with E-state index in [-0.39, 0.29) is 10.6 Å². The molecule has 0 unspecified atom stereocenters. The summed E-state index contributed by atoms with van der Waals surface area (Å²) in [4.78, 5) is 2.09. The van der Waals surface area contributed by atoms with Crippen LogP contribution >= 0.6 is 15.9 Å². The minimum absolute atomic E-state index is 0.0397. The minimum atomic E-state index is -3.67. The summed E-state index contributed by atoms with van der Waals surface area (Å²) in [7, 11) is -0.304. The van der Waals surface area contributed by atoms with Gasteiger partial charge in [-0.1, -0.05) is 0 Å². The van der Waals surface area contributed by atoms with Crippen LogP contribution in [0.15, 0.2) is 21.5 Å². The summed E-state index contributed by atoms with van der Waals surface area (Å²) in [5.41, 5.74) is 6.10. The number of nitrogens with one attached hydrogen (secondary N) is 1. The van der Waals surface area contributed by atoms with Gasteiger partial charge in [-0.15, -0.1) is 0 Å². The number of sulfonamides is 1. The van der Waals surface area contributed by atoms with Gasteiger partial charge in [-0.25, -0.2) is 13.1 Å². The molecule has 1 aromatic rings. The molecule has 21 heavy (non-hydrogen) atoms. The fourth-order valence-electron chi connectivity index (χ4n) is 1.61. The summed E-state index contributed by atoms with van der Waals surface area (Å²) < 4.78 is 33.0. The van der Waals surface area contributed by atoms with Gasteiger partial charge in [-0.05, 0) is 49.0 Å². The SMILES string of the molecule is COc1cc(Br)c(N)cc1S(=O)(=O)NCCN(C)C(C)C. The Morgan fingerprint density at radius 3 is 2.57 bits per heavy atom. The molecule has 0 aliphatic heterocycles. The van der Waals surface area contributed by atoms with Gasteiger partial charge in [-0.3, -0.25) is 0 Å². The Labute approximate surface area is 134 Å². The zero-order chi connectivity index (χ0) is 16.2. The van der Waals surface area contributed by atoms with Crippen LogP contribution in [0.5, 0.6) is 5.75 Å². The van der Waals surface area contributed by atoms with Crippen LogP contribution in [0.3, 0.4) is 0 Å². The average Bonchev–Trinajstić information content (AvgIpc) is 2.40. The first-order valence-electron chi connectivity index (χ1n) is 6.52. The highest BCUT2D eigenvalue weighted by molar-refractivity contribution is 9.10. The number of nitrogens with zero attached hydrogens (tertiary/aromatic N) is 1. The van der Waals surface area contributed by atoms with Gasteiger partial charge < -0.3 is 15.4 Å². The van der Waals surface area contributed by atoms with Crippen molar-refractivity contribution in [2.24, 2.45) is 0 Å². The second-order valence-corrected chi connectivity index (χ2v) is 7.59. The molecule has 0 fully saturated rings. The van der Waals surface area contributed by atoms with E-state index in [0.717, 1.165) is 0 Å². The van der Waals surface area contributed by atoms with E-state index in [4.69, 9.17) is 10.5 Å². The van der Waals surface area contributed by atoms with Crippen molar-refractivity contribution in [2.75, 3.05) is 33.0 Å². The van der Waals surface area contributed by atoms with Crippen molar-refractivity contribution in [1.82, 2.24) is 9.62 Å². The number of rotatable bonds is 7. The fourth-order valence-corrected chi connectivity index (χ4v) is 3.14. The van der Waals surface area contributed by atoms with Crippen LogP contribution in [-0.2, 0) is 10.0 Å². The number of nitrogens with two attached hydrogens (primary N) is 1. The smallest absolute Gasteiger partial charge is 0.244 e. The molecule has 0 saturated carbocycles. The average molecular weight is 380 g/mol. The molecule has 0 aliphatic rings. The summed E-state index contributed by atoms with van der Waals surface area (Å²) in [5, 5.41) is 0. The first-order chi connectivity index (χ1) is 9.69. The van der Waals surface area contributed by atoms with Crippen LogP contribution < -0.4 is 15.2 Å². The second kappa shape index (κ2) is 7.44. The number of benzene rings is 1. The van der Waals surface area contributed by atoms with E-state index in [1.165, 1.54) is 13.2 Å². The molecule has 0 spiro atoms. The van der Waals surface area contributed by atoms with Crippen LogP contribution in [0.2, 0.25) is 0 Å². The van der Waals surface area contributed by atoms with Gasteiger partial charge >= 0.3 is 0 Å². The summed E-state index contributed by atoms with van der Waals surface area (Å²) in [6.07, 6.45) is 0. The highest BCUT2D eigenvalue weighted by atomic mass is 79.9. The van der Waals surface area contributed by atoms with Crippen molar-refractivity contribution in [2.45, 2.75) is 24.8 Å². The van der Waals surface area contributed by atoms with Crippen molar-refractivity contribution in [3.8, 4) is 5.75 Å². The van der Waals surface area contributed by atoms with Crippen molar-refractivity contribution in [3.63, 3.8) is 0 Å². The Hall–Kier alpha value is -0.830. The molecule has 0 aromatic heterocycles. The molecule has 0 amide bonds. The number of methoxy groups -OCH3 is 1. The molecule has 120 valence electrons. The zero-order valence-electron chi connectivity index (χ0n) is 12.7. The molecule has 0 heterocycles. The van der Waals surface area contributed by atoms with Gasteiger partial charge in [0.25, 0.3) is 0 Å². The molecule has 6 nitrogen and oxygen atoms in total. The normalized spacial score (nSPS) is 12.1. The van der Waals surface area contributed by atoms with Crippen molar-refractivity contribution >= 4 is 31.6 Å². The molecule has 0 aliphatic carbocycles. The highest BCUT2D eigenvalue weighted by Crippen LogP contribution is 2.32. The quantitative estimate of drug-likeness (QED) is 0.703. The number of likely N-dealkylation sites (N-methyl/N-ethyl adjacent to an activating group) is 1. The fraction of sp³-hybridized carbons (Fsp3) is 0.538. The minimum Gasteiger partial charge on any atom is -0.495 e. The van der Waals surface area contributed by atoms with Gasteiger partial charge in [0.05, 0.1) is 7.11 Å². The van der Waals surface area contributed by atoms with Gasteiger partial charge in [0.2, 0.25) is 10.0 Å². The Balaban J connectivity index is 2.90. The number of anilines is 1. The van der Waals surface area contributed by atoms with Crippen LogP contribution in [0.25, 0.3) is 0 Å². The molecule has 1 rings (SSSR count). The van der Waals surface area contributed by atoms with Crippen LogP contribution in [0.1, 0.15) is 13.8 Å². The summed E-state index contributed by atoms with van der Waals surface area (Å²) in [6.45, 7) is 5.03. The third-order valence-electron chi connectivity index (χ3n) is 3.21. The van der Waals surface area contributed by atoms with Crippen molar-refractivity contribution < 1.29 is 13.2 Å². The number of nitrogen functional groups attached to an aromatic ring is 1. The molecular weight excluding hydrogens is 358 g/mol. The number of ether oxygens (including phenoxy) is 1. The third kappa shape index (κ3) is 4.84. The molecule has 3 N–H and O–H groups in total. The van der Waals surface area contributed by atoms with E-state index in [0.29, 0.717) is 29.3 Å². The van der Waals surface area contributed by atoms with Gasteiger partial charge in [0.15, 0.2) is 0 Å². The maximum absolute atomic E-state index is 12.3. The predicted molar refractivity (Wildman–Crippen MR) is 88.1 cm³/mol. The lowest BCUT2D eigenvalue weighted by Gasteiger charge is -2.21. The van der Waals surface area contributed by atoms with E-state index in [1.54, 1.807) is 6.07 Å². The zero-order valence-corrected chi connectivity index (χ0v) is 15.1. The number of hydrogen-bond donors (Lipinski definition) is 2. The van der Waals surface area contributed by atoms with Crippen LogP contribution in [0, 0.1) is 0 Å². The molecule has 8 heteroatoms. The summed E-state index contributed by atoms with van der Waals surface area (Å²) >= 11 is 3.25. The number of hydrogen-bond acceptors (Lipinski definition) is 5. The Bertz CT molecular complexity index is 591. The predicted octanol–water partition coefficient (Wildman–Crippen LogP) is 1.66. The van der Waals surface area contributed by atoms with Gasteiger partial charge in [-0.2, -0.15) is 0 Å². The topological polar surface area (TPSA) is 84.7 Å². The van der Waals surface area contributed by atoms with E-state index < -0.39 is 10.0 Å². The molecule has 0 saturated heterocycles. The van der Waals surface area contributed by atoms with E-state index in [2.05, 4.69) is 25.6 Å². The summed E-state index contributed by atoms with van der Waals surface area (Å²) in [6, 6.07) is 3.29. The lowest BCUT2D eigenvalue weighted by atomic mass is 10.3. The lowest BCUT2D eigenvalue weighted by molar-refractivity contribution is 0.278. The first-order valence-corrected chi connectivity index (χ1v) is 8.79. The van der Waals surface area contributed by atoms with Crippen LogP contribution in [0.4, 0.5) is 5.69 Å². The molecular formula is C13H22BrN3O3S. The van der Waals surface area contributed by atoms with E-state index >= 15 is 0 Å². The largest absolute Gasteiger partial charge is 0.495 e. The maximum atomic E-state index is 12.3. The standard InChI is InChI=1S/C13H22BrN3O3S/c1-9(2)17(3)6-5-16-21(18,19)13-8-11(15)10(14)7-12(13)20-4/h7-9,16H,5-6,15H2,1-4H3. The molecule has 0 radical (unpaired) electrons. The summed E-state index contributed by atoms with van der Waals surface area (Å²) in [5.74, 6) is 0.251. The highest BCUT2D eigenvalue weighted by Gasteiger charge is 2.21. The van der Waals surface area contributed by atoms with Crippen LogP contribution in [-0.4, -0.2) is 46.6 Å². The van der Waals surface area contributed by atoms with Crippen molar-refractivity contribution in [3.05, 3.63) is 16.6 Å². The third-order valence-corrected chi connectivity index (χ3v) is 5.38. The van der Waals surface area contributed by atoms with Crippen molar-refractivity contribution in [1.29, 1.82) is 0 Å². The Morgan fingerprint density at radius 2 is 2.05 bits per heavy atom. The Morgan fingerprint density at radius 1 is 1.43 bits per heavy atom. The number of halogens is 1. The lowest BCUT2D eigenvalue weighted by Crippen LogP contribution is -2.36. The van der Waals surface area contributed by atoms with E-state index in [9.17, 15) is 8.42 Å². The van der Waals surface area contributed by atoms with Gasteiger partial charge in [0.1, 0.15) is 10.6 Å². The molecule has 0 bridgehead atoms. The monoisotopic (exact) mass is 379 g/mol. The maximum Gasteiger partial charge on any atom is 0.244 e. The molecule has 0 atom stereocenters.